The van der Waals surface area contributed by atoms with Crippen molar-refractivity contribution in [2.24, 2.45) is 5.92 Å². The Hall–Kier alpha value is -1.85. The average molecular weight is 404 g/mol. The quantitative estimate of drug-likeness (QED) is 0.587. The van der Waals surface area contributed by atoms with Crippen molar-refractivity contribution in [3.63, 3.8) is 0 Å². The average Bonchev–Trinajstić information content (AvgIpc) is 3.54. The minimum absolute atomic E-state index is 0.0389. The first-order valence-electron chi connectivity index (χ1n) is 10.5. The van der Waals surface area contributed by atoms with E-state index in [4.69, 9.17) is 4.74 Å². The van der Waals surface area contributed by atoms with Crippen LogP contribution in [0.1, 0.15) is 79.4 Å². The van der Waals surface area contributed by atoms with E-state index in [1.54, 1.807) is 31.2 Å². The van der Waals surface area contributed by atoms with Crippen LogP contribution in [-0.4, -0.2) is 11.7 Å². The minimum Gasteiger partial charge on any atom is -0.389 e. The molecule has 29 heavy (non-hydrogen) atoms. The van der Waals surface area contributed by atoms with Gasteiger partial charge in [-0.05, 0) is 80.0 Å². The number of aliphatic hydroxyl groups excluding tert-OH is 1. The molecular formula is C24H27F3O2. The van der Waals surface area contributed by atoms with Crippen LogP contribution in [-0.2, 0) is 11.2 Å². The molecule has 2 aromatic carbocycles. The van der Waals surface area contributed by atoms with E-state index in [0.29, 0.717) is 41.2 Å². The van der Waals surface area contributed by atoms with Crippen LogP contribution < -0.4 is 0 Å². The third-order valence-corrected chi connectivity index (χ3v) is 6.49. The second kappa shape index (κ2) is 8.49. The molecule has 1 saturated heterocycles. The maximum Gasteiger partial charge on any atom is 0.165 e. The Bertz CT molecular complexity index is 869. The first kappa shape index (κ1) is 20.4. The standard InChI is InChI=1S/C24H27F3O2/c1-14(28)18-9-8-17(21(25)12-18)7-4-15-2-5-16(6-3-15)19-10-11-20(22-13-29-22)24(27)23(19)26/h8-12,14-16,22,28H,2-7,13H2,1H3. The second-order valence-corrected chi connectivity index (χ2v) is 8.48. The number of hydrogen-bond acceptors (Lipinski definition) is 2. The number of ether oxygens (including phenoxy) is 1. The number of epoxide rings is 1. The highest BCUT2D eigenvalue weighted by Crippen LogP contribution is 2.41. The van der Waals surface area contributed by atoms with Crippen LogP contribution >= 0.6 is 0 Å². The van der Waals surface area contributed by atoms with E-state index in [9.17, 15) is 18.3 Å². The van der Waals surface area contributed by atoms with Crippen molar-refractivity contribution in [1.29, 1.82) is 0 Å². The molecule has 2 fully saturated rings. The molecule has 2 aromatic rings. The highest BCUT2D eigenvalue weighted by molar-refractivity contribution is 5.32. The van der Waals surface area contributed by atoms with Gasteiger partial charge in [0.25, 0.3) is 0 Å². The van der Waals surface area contributed by atoms with Gasteiger partial charge in [-0.25, -0.2) is 13.2 Å². The van der Waals surface area contributed by atoms with Crippen molar-refractivity contribution in [3.05, 3.63) is 70.0 Å². The SMILES string of the molecule is CC(O)c1ccc(CCC2CCC(c3ccc(C4CO4)c(F)c3F)CC2)c(F)c1. The number of hydrogen-bond donors (Lipinski definition) is 1. The minimum atomic E-state index is -0.761. The lowest BCUT2D eigenvalue weighted by molar-refractivity contribution is 0.198. The third-order valence-electron chi connectivity index (χ3n) is 6.49. The molecule has 0 aromatic heterocycles. The molecule has 2 atom stereocenters. The lowest BCUT2D eigenvalue weighted by Gasteiger charge is -2.29. The van der Waals surface area contributed by atoms with Gasteiger partial charge < -0.3 is 9.84 Å². The fourth-order valence-corrected chi connectivity index (χ4v) is 4.52. The molecule has 2 unspecified atom stereocenters. The monoisotopic (exact) mass is 404 g/mol. The zero-order valence-corrected chi connectivity index (χ0v) is 16.6. The van der Waals surface area contributed by atoms with Crippen molar-refractivity contribution in [3.8, 4) is 0 Å². The van der Waals surface area contributed by atoms with Crippen LogP contribution in [0, 0.1) is 23.4 Å². The Balaban J connectivity index is 1.32. The van der Waals surface area contributed by atoms with Crippen LogP contribution in [0.5, 0.6) is 0 Å². The van der Waals surface area contributed by atoms with E-state index in [1.807, 2.05) is 0 Å². The van der Waals surface area contributed by atoms with Crippen LogP contribution in [0.25, 0.3) is 0 Å². The molecule has 1 saturated carbocycles. The summed E-state index contributed by atoms with van der Waals surface area (Å²) in [6.07, 6.45) is 4.09. The Morgan fingerprint density at radius 3 is 2.28 bits per heavy atom. The number of halogens is 3. The molecule has 1 N–H and O–H groups in total. The topological polar surface area (TPSA) is 32.8 Å². The molecule has 2 aliphatic rings. The number of benzene rings is 2. The van der Waals surface area contributed by atoms with Gasteiger partial charge in [0.1, 0.15) is 11.9 Å². The Labute approximate surface area is 169 Å². The van der Waals surface area contributed by atoms with Crippen LogP contribution in [0.3, 0.4) is 0 Å². The second-order valence-electron chi connectivity index (χ2n) is 8.48. The molecule has 1 heterocycles. The normalized spacial score (nSPS) is 25.1. The Kier molecular flexibility index (Phi) is 5.98. The van der Waals surface area contributed by atoms with Crippen LogP contribution in [0.4, 0.5) is 13.2 Å². The first-order chi connectivity index (χ1) is 13.9. The number of aryl methyl sites for hydroxylation is 1. The van der Waals surface area contributed by atoms with Gasteiger partial charge in [-0.2, -0.15) is 0 Å². The largest absolute Gasteiger partial charge is 0.389 e. The highest BCUT2D eigenvalue weighted by Gasteiger charge is 2.32. The van der Waals surface area contributed by atoms with Crippen molar-refractivity contribution >= 4 is 0 Å². The van der Waals surface area contributed by atoms with E-state index in [0.717, 1.165) is 32.1 Å². The van der Waals surface area contributed by atoms with Gasteiger partial charge in [-0.1, -0.05) is 24.3 Å². The Morgan fingerprint density at radius 2 is 1.66 bits per heavy atom. The molecular weight excluding hydrogens is 377 g/mol. The molecule has 1 aliphatic carbocycles. The van der Waals surface area contributed by atoms with Gasteiger partial charge in [0.05, 0.1) is 12.7 Å². The zero-order chi connectivity index (χ0) is 20.5. The van der Waals surface area contributed by atoms with Gasteiger partial charge in [0.2, 0.25) is 0 Å². The lowest BCUT2D eigenvalue weighted by Crippen LogP contribution is -2.16. The molecule has 5 heteroatoms. The summed E-state index contributed by atoms with van der Waals surface area (Å²) in [6.45, 7) is 2.08. The molecule has 0 amide bonds. The zero-order valence-electron chi connectivity index (χ0n) is 16.6. The molecule has 1 aliphatic heterocycles. The summed E-state index contributed by atoms with van der Waals surface area (Å²) in [5.41, 5.74) is 2.05. The van der Waals surface area contributed by atoms with Crippen molar-refractivity contribution in [2.75, 3.05) is 6.61 Å². The van der Waals surface area contributed by atoms with Crippen molar-refractivity contribution < 1.29 is 23.0 Å². The summed E-state index contributed by atoms with van der Waals surface area (Å²) in [6, 6.07) is 8.32. The maximum absolute atomic E-state index is 14.5. The Morgan fingerprint density at radius 1 is 1.00 bits per heavy atom. The fraction of sp³-hybridized carbons (Fsp3) is 0.500. The lowest BCUT2D eigenvalue weighted by atomic mass is 9.76. The first-order valence-corrected chi connectivity index (χ1v) is 10.5. The maximum atomic E-state index is 14.5. The van der Waals surface area contributed by atoms with Gasteiger partial charge in [-0.3, -0.25) is 0 Å². The summed E-state index contributed by atoms with van der Waals surface area (Å²) >= 11 is 0. The molecule has 4 rings (SSSR count). The van der Waals surface area contributed by atoms with Crippen LogP contribution in [0.2, 0.25) is 0 Å². The summed E-state index contributed by atoms with van der Waals surface area (Å²) < 4.78 is 48.1. The van der Waals surface area contributed by atoms with E-state index in [1.165, 1.54) is 6.07 Å². The van der Waals surface area contributed by atoms with E-state index >= 15 is 0 Å². The predicted octanol–water partition coefficient (Wildman–Crippen LogP) is 6.14. The predicted molar refractivity (Wildman–Crippen MR) is 105 cm³/mol. The number of rotatable bonds is 6. The van der Waals surface area contributed by atoms with E-state index < -0.39 is 17.7 Å². The molecule has 0 radical (unpaired) electrons. The van der Waals surface area contributed by atoms with E-state index in [-0.39, 0.29) is 17.8 Å². The summed E-state index contributed by atoms with van der Waals surface area (Å²) in [4.78, 5) is 0. The summed E-state index contributed by atoms with van der Waals surface area (Å²) in [5, 5.41) is 9.55. The summed E-state index contributed by atoms with van der Waals surface area (Å²) in [5.74, 6) is -1.24. The fourth-order valence-electron chi connectivity index (χ4n) is 4.52. The van der Waals surface area contributed by atoms with E-state index in [2.05, 4.69) is 0 Å². The van der Waals surface area contributed by atoms with Gasteiger partial charge in [0, 0.05) is 5.56 Å². The molecule has 156 valence electrons. The van der Waals surface area contributed by atoms with Crippen molar-refractivity contribution in [2.45, 2.75) is 63.6 Å². The molecule has 0 spiro atoms. The number of aliphatic hydroxyl groups is 1. The smallest absolute Gasteiger partial charge is 0.165 e. The van der Waals surface area contributed by atoms with Gasteiger partial charge >= 0.3 is 0 Å². The molecule has 2 nitrogen and oxygen atoms in total. The van der Waals surface area contributed by atoms with Crippen LogP contribution in [0.15, 0.2) is 30.3 Å². The van der Waals surface area contributed by atoms with Crippen molar-refractivity contribution in [1.82, 2.24) is 0 Å². The highest BCUT2D eigenvalue weighted by atomic mass is 19.2. The summed E-state index contributed by atoms with van der Waals surface area (Å²) in [7, 11) is 0. The molecule has 0 bridgehead atoms. The van der Waals surface area contributed by atoms with Gasteiger partial charge in [-0.15, -0.1) is 0 Å². The van der Waals surface area contributed by atoms with Gasteiger partial charge in [0.15, 0.2) is 11.6 Å². The third kappa shape index (κ3) is 4.51.